The number of rotatable bonds is 7. The van der Waals surface area contributed by atoms with Crippen LogP contribution in [0.1, 0.15) is 12.1 Å². The number of carbonyl (C=O) groups is 1. The summed E-state index contributed by atoms with van der Waals surface area (Å²) in [7, 11) is 0. The Balaban J connectivity index is 1.45. The molecule has 0 aliphatic carbocycles. The predicted molar refractivity (Wildman–Crippen MR) is 97.2 cm³/mol. The van der Waals surface area contributed by atoms with Crippen LogP contribution in [-0.2, 0) is 18.1 Å². The molecular weight excluding hydrogens is 386 g/mol. The highest BCUT2D eigenvalue weighted by Crippen LogP contribution is 2.16. The summed E-state index contributed by atoms with van der Waals surface area (Å²) in [4.78, 5) is 12.0. The molecule has 0 spiro atoms. The van der Waals surface area contributed by atoms with Gasteiger partial charge in [0.05, 0.1) is 23.8 Å². The fourth-order valence-corrected chi connectivity index (χ4v) is 2.46. The molecule has 0 unspecified atom stereocenters. The van der Waals surface area contributed by atoms with Crippen molar-refractivity contribution in [1.82, 2.24) is 19.6 Å². The number of halogens is 1. The van der Waals surface area contributed by atoms with Crippen molar-refractivity contribution in [1.29, 1.82) is 0 Å². The number of carbonyl (C=O) groups excluding carboxylic acids is 1. The van der Waals surface area contributed by atoms with Crippen LogP contribution in [0, 0.1) is 6.92 Å². The number of nitrogens with one attached hydrogen (secondary N) is 1. The Morgan fingerprint density at radius 1 is 1.24 bits per heavy atom. The molecule has 0 aliphatic rings. The third-order valence-corrected chi connectivity index (χ3v) is 3.96. The zero-order chi connectivity index (χ0) is 17.6. The molecule has 1 aromatic carbocycles. The lowest BCUT2D eigenvalue weighted by Gasteiger charge is -2.06. The molecular formula is C17H18BrN5O2. The Bertz CT molecular complexity index is 841. The second kappa shape index (κ2) is 7.98. The maximum atomic E-state index is 12.0. The van der Waals surface area contributed by atoms with Gasteiger partial charge in [-0.15, -0.1) is 0 Å². The van der Waals surface area contributed by atoms with E-state index in [-0.39, 0.29) is 12.6 Å². The molecule has 0 saturated heterocycles. The van der Waals surface area contributed by atoms with Crippen molar-refractivity contribution < 1.29 is 9.53 Å². The number of amides is 1. The molecule has 0 atom stereocenters. The molecule has 1 amide bonds. The zero-order valence-corrected chi connectivity index (χ0v) is 15.3. The zero-order valence-electron chi connectivity index (χ0n) is 13.7. The smallest absolute Gasteiger partial charge is 0.226 e. The van der Waals surface area contributed by atoms with Crippen LogP contribution in [0.4, 0.5) is 5.69 Å². The number of aromatic nitrogens is 4. The molecule has 1 N–H and O–H groups in total. The largest absolute Gasteiger partial charge is 0.471 e. The normalized spacial score (nSPS) is 10.6. The Kier molecular flexibility index (Phi) is 5.49. The van der Waals surface area contributed by atoms with Crippen LogP contribution in [0.15, 0.2) is 53.4 Å². The van der Waals surface area contributed by atoms with Gasteiger partial charge < -0.3 is 10.1 Å². The molecule has 3 rings (SSSR count). The van der Waals surface area contributed by atoms with Gasteiger partial charge in [-0.1, -0.05) is 15.9 Å². The molecule has 0 bridgehead atoms. The molecule has 0 saturated carbocycles. The van der Waals surface area contributed by atoms with E-state index in [0.29, 0.717) is 18.7 Å². The summed E-state index contributed by atoms with van der Waals surface area (Å²) in [6, 6.07) is 9.46. The summed E-state index contributed by atoms with van der Waals surface area (Å²) in [6.45, 7) is 2.73. The van der Waals surface area contributed by atoms with Gasteiger partial charge in [0.2, 0.25) is 5.91 Å². The molecule has 0 fully saturated rings. The van der Waals surface area contributed by atoms with Crippen molar-refractivity contribution in [2.45, 2.75) is 26.6 Å². The molecule has 2 aromatic heterocycles. The first-order valence-corrected chi connectivity index (χ1v) is 8.58. The summed E-state index contributed by atoms with van der Waals surface area (Å²) in [5.41, 5.74) is 1.58. The number of anilines is 1. The highest BCUT2D eigenvalue weighted by Gasteiger charge is 2.06. The monoisotopic (exact) mass is 403 g/mol. The van der Waals surface area contributed by atoms with E-state index in [0.717, 1.165) is 15.9 Å². The lowest BCUT2D eigenvalue weighted by molar-refractivity contribution is -0.116. The van der Waals surface area contributed by atoms with E-state index in [4.69, 9.17) is 4.74 Å². The summed E-state index contributed by atoms with van der Waals surface area (Å²) in [5.74, 6) is 0.667. The van der Waals surface area contributed by atoms with Gasteiger partial charge in [0, 0.05) is 23.6 Å². The van der Waals surface area contributed by atoms with Gasteiger partial charge in [-0.05, 0) is 37.3 Å². The topological polar surface area (TPSA) is 74.0 Å². The minimum atomic E-state index is -0.0819. The molecule has 3 aromatic rings. The number of aryl methyl sites for hydroxylation is 2. The summed E-state index contributed by atoms with van der Waals surface area (Å²) in [6.07, 6.45) is 5.54. The molecule has 0 radical (unpaired) electrons. The number of ether oxygens (including phenoxy) is 1. The second-order valence-corrected chi connectivity index (χ2v) is 6.43. The van der Waals surface area contributed by atoms with E-state index in [1.165, 1.54) is 0 Å². The van der Waals surface area contributed by atoms with E-state index in [9.17, 15) is 4.79 Å². The molecule has 7 nitrogen and oxygen atoms in total. The second-order valence-electron chi connectivity index (χ2n) is 5.51. The Morgan fingerprint density at radius 2 is 2.04 bits per heavy atom. The van der Waals surface area contributed by atoms with Crippen LogP contribution in [0.25, 0.3) is 0 Å². The molecule has 0 aliphatic heterocycles. The maximum Gasteiger partial charge on any atom is 0.226 e. The Hall–Kier alpha value is -2.61. The maximum absolute atomic E-state index is 12.0. The van der Waals surface area contributed by atoms with Crippen molar-refractivity contribution in [3.8, 4) is 5.75 Å². The number of hydrogen-bond acceptors (Lipinski definition) is 4. The van der Waals surface area contributed by atoms with Crippen molar-refractivity contribution in [3.63, 3.8) is 0 Å². The first-order chi connectivity index (χ1) is 12.1. The third kappa shape index (κ3) is 5.18. The summed E-state index contributed by atoms with van der Waals surface area (Å²) < 4.78 is 10.00. The van der Waals surface area contributed by atoms with Gasteiger partial charge in [0.15, 0.2) is 6.73 Å². The van der Waals surface area contributed by atoms with Crippen LogP contribution in [0.3, 0.4) is 0 Å². The van der Waals surface area contributed by atoms with Gasteiger partial charge in [-0.3, -0.25) is 9.48 Å². The van der Waals surface area contributed by atoms with Gasteiger partial charge in [-0.2, -0.15) is 10.2 Å². The first-order valence-electron chi connectivity index (χ1n) is 7.79. The van der Waals surface area contributed by atoms with E-state index in [1.807, 2.05) is 43.5 Å². The van der Waals surface area contributed by atoms with E-state index >= 15 is 0 Å². The highest BCUT2D eigenvalue weighted by molar-refractivity contribution is 9.10. The van der Waals surface area contributed by atoms with Crippen LogP contribution < -0.4 is 10.1 Å². The Morgan fingerprint density at radius 3 is 2.76 bits per heavy atom. The number of benzene rings is 1. The SMILES string of the molecule is Cc1ccn(CCC(=O)Nc2cnn(COc3ccc(Br)cc3)c2)n1. The summed E-state index contributed by atoms with van der Waals surface area (Å²) in [5, 5.41) is 11.2. The van der Waals surface area contributed by atoms with Crippen LogP contribution >= 0.6 is 15.9 Å². The molecule has 130 valence electrons. The van der Waals surface area contributed by atoms with Gasteiger partial charge in [0.25, 0.3) is 0 Å². The molecule has 8 heteroatoms. The summed E-state index contributed by atoms with van der Waals surface area (Å²) >= 11 is 3.38. The fourth-order valence-electron chi connectivity index (χ4n) is 2.20. The van der Waals surface area contributed by atoms with Crippen LogP contribution in [0.5, 0.6) is 5.75 Å². The number of nitrogens with zero attached hydrogens (tertiary/aromatic N) is 4. The minimum absolute atomic E-state index is 0.0819. The molecule has 25 heavy (non-hydrogen) atoms. The van der Waals surface area contributed by atoms with Crippen molar-refractivity contribution in [2.75, 3.05) is 5.32 Å². The Labute approximate surface area is 153 Å². The molecule has 2 heterocycles. The van der Waals surface area contributed by atoms with Gasteiger partial charge in [0.1, 0.15) is 5.75 Å². The standard InChI is InChI=1S/C17H18BrN5O2/c1-13-6-8-22(21-13)9-7-17(24)20-15-10-19-23(11-15)12-25-16-4-2-14(18)3-5-16/h2-6,8,10-11H,7,9,12H2,1H3,(H,20,24). The number of hydrogen-bond donors (Lipinski definition) is 1. The van der Waals surface area contributed by atoms with E-state index in [1.54, 1.807) is 21.8 Å². The van der Waals surface area contributed by atoms with Crippen LogP contribution in [-0.4, -0.2) is 25.5 Å². The third-order valence-electron chi connectivity index (χ3n) is 3.44. The van der Waals surface area contributed by atoms with Gasteiger partial charge in [-0.25, -0.2) is 4.68 Å². The fraction of sp³-hybridized carbons (Fsp3) is 0.235. The van der Waals surface area contributed by atoms with E-state index < -0.39 is 0 Å². The van der Waals surface area contributed by atoms with Crippen LogP contribution in [0.2, 0.25) is 0 Å². The lowest BCUT2D eigenvalue weighted by atomic mass is 10.3. The quantitative estimate of drug-likeness (QED) is 0.656. The predicted octanol–water partition coefficient (Wildman–Crippen LogP) is 3.22. The average molecular weight is 404 g/mol. The van der Waals surface area contributed by atoms with E-state index in [2.05, 4.69) is 31.4 Å². The average Bonchev–Trinajstić information content (AvgIpc) is 3.21. The van der Waals surface area contributed by atoms with Crippen molar-refractivity contribution >= 4 is 27.5 Å². The van der Waals surface area contributed by atoms with Crippen molar-refractivity contribution in [3.05, 3.63) is 59.1 Å². The van der Waals surface area contributed by atoms with Crippen molar-refractivity contribution in [2.24, 2.45) is 0 Å². The lowest BCUT2D eigenvalue weighted by Crippen LogP contribution is -2.14. The highest BCUT2D eigenvalue weighted by atomic mass is 79.9. The first kappa shape index (κ1) is 17.2. The van der Waals surface area contributed by atoms with Gasteiger partial charge >= 0.3 is 0 Å². The minimum Gasteiger partial charge on any atom is -0.471 e.